The molecule has 5 nitrogen and oxygen atoms in total. The number of carbonyl (C=O) groups is 1. The highest BCUT2D eigenvalue weighted by molar-refractivity contribution is 7.99. The summed E-state index contributed by atoms with van der Waals surface area (Å²) in [5, 5.41) is 8.43. The summed E-state index contributed by atoms with van der Waals surface area (Å²) in [5.41, 5.74) is -1.19. The third kappa shape index (κ3) is 3.43. The third-order valence-corrected chi connectivity index (χ3v) is 3.27. The summed E-state index contributed by atoms with van der Waals surface area (Å²) in [7, 11) is 0. The van der Waals surface area contributed by atoms with Crippen LogP contribution in [0, 0.1) is 17.5 Å². The molecule has 0 spiro atoms. The normalized spacial score (nSPS) is 10.6. The molecule has 1 aromatic carbocycles. The van der Waals surface area contributed by atoms with Crippen LogP contribution in [-0.4, -0.2) is 26.4 Å². The average Bonchev–Trinajstić information content (AvgIpc) is 2.41. The Hall–Kier alpha value is -2.29. The van der Waals surface area contributed by atoms with E-state index in [9.17, 15) is 22.8 Å². The Morgan fingerprint density at radius 3 is 2.71 bits per heavy atom. The molecule has 9 heteroatoms. The number of carboxylic acids is 1. The van der Waals surface area contributed by atoms with Gasteiger partial charge in [0.25, 0.3) is 5.56 Å². The van der Waals surface area contributed by atoms with Gasteiger partial charge in [0.2, 0.25) is 0 Å². The zero-order chi connectivity index (χ0) is 15.6. The molecule has 1 aromatic heterocycles. The lowest BCUT2D eigenvalue weighted by atomic mass is 10.3. The highest BCUT2D eigenvalue weighted by atomic mass is 32.2. The number of benzene rings is 1. The van der Waals surface area contributed by atoms with E-state index in [4.69, 9.17) is 5.11 Å². The van der Waals surface area contributed by atoms with Gasteiger partial charge >= 0.3 is 5.97 Å². The topological polar surface area (TPSA) is 72.2 Å². The number of aliphatic carboxylic acids is 1. The second-order valence-corrected chi connectivity index (χ2v) is 4.76. The van der Waals surface area contributed by atoms with Crippen LogP contribution in [0.4, 0.5) is 13.2 Å². The fourth-order valence-corrected chi connectivity index (χ4v) is 2.22. The molecule has 2 aromatic rings. The van der Waals surface area contributed by atoms with E-state index in [2.05, 4.69) is 4.98 Å². The van der Waals surface area contributed by atoms with Gasteiger partial charge in [0, 0.05) is 24.4 Å². The molecule has 0 bridgehead atoms. The van der Waals surface area contributed by atoms with Crippen molar-refractivity contribution >= 4 is 17.7 Å². The Labute approximate surface area is 120 Å². The van der Waals surface area contributed by atoms with E-state index in [0.717, 1.165) is 22.9 Å². The molecule has 0 unspecified atom stereocenters. The minimum Gasteiger partial charge on any atom is -0.481 e. The van der Waals surface area contributed by atoms with E-state index < -0.39 is 40.4 Å². The first kappa shape index (κ1) is 15.1. The minimum atomic E-state index is -1.40. The summed E-state index contributed by atoms with van der Waals surface area (Å²) in [6, 6.07) is 2.06. The molecule has 1 heterocycles. The van der Waals surface area contributed by atoms with Crippen molar-refractivity contribution in [3.8, 4) is 5.69 Å². The van der Waals surface area contributed by atoms with Gasteiger partial charge in [0.15, 0.2) is 16.8 Å². The quantitative estimate of drug-likeness (QED) is 0.529. The lowest BCUT2D eigenvalue weighted by molar-refractivity contribution is -0.133. The number of carboxylic acid groups (broad SMARTS) is 1. The number of aromatic nitrogens is 2. The number of nitrogens with zero attached hydrogens (tertiary/aromatic N) is 2. The smallest absolute Gasteiger partial charge is 0.313 e. The average molecular weight is 316 g/mol. The van der Waals surface area contributed by atoms with Crippen LogP contribution in [0.3, 0.4) is 0 Å². The zero-order valence-electron chi connectivity index (χ0n) is 10.2. The summed E-state index contributed by atoms with van der Waals surface area (Å²) in [6.07, 6.45) is 1.07. The first-order valence-electron chi connectivity index (χ1n) is 5.47. The van der Waals surface area contributed by atoms with Crippen molar-refractivity contribution in [3.63, 3.8) is 0 Å². The summed E-state index contributed by atoms with van der Waals surface area (Å²) in [5.74, 6) is -5.39. The number of thioether (sulfide) groups is 1. The first-order valence-corrected chi connectivity index (χ1v) is 6.46. The highest BCUT2D eigenvalue weighted by Crippen LogP contribution is 2.23. The molecule has 0 aliphatic rings. The maximum absolute atomic E-state index is 13.8. The van der Waals surface area contributed by atoms with Gasteiger partial charge in [-0.25, -0.2) is 13.2 Å². The predicted octanol–water partition coefficient (Wildman–Crippen LogP) is 1.83. The molecule has 1 N–H and O–H groups in total. The van der Waals surface area contributed by atoms with Crippen molar-refractivity contribution in [1.29, 1.82) is 0 Å². The third-order valence-electron chi connectivity index (χ3n) is 2.34. The molecule has 0 saturated carbocycles. The van der Waals surface area contributed by atoms with Gasteiger partial charge in [-0.05, 0) is 0 Å². The van der Waals surface area contributed by atoms with Gasteiger partial charge in [-0.15, -0.1) is 0 Å². The van der Waals surface area contributed by atoms with Crippen LogP contribution in [0.25, 0.3) is 5.69 Å². The number of halogens is 3. The number of hydrogen-bond acceptors (Lipinski definition) is 4. The van der Waals surface area contributed by atoms with E-state index in [1.807, 2.05) is 0 Å². The Morgan fingerprint density at radius 2 is 2.05 bits per heavy atom. The van der Waals surface area contributed by atoms with Gasteiger partial charge in [0.05, 0.1) is 11.4 Å². The van der Waals surface area contributed by atoms with Crippen LogP contribution in [0.5, 0.6) is 0 Å². The molecule has 110 valence electrons. The van der Waals surface area contributed by atoms with Gasteiger partial charge in [-0.3, -0.25) is 14.2 Å². The number of hydrogen-bond donors (Lipinski definition) is 1. The highest BCUT2D eigenvalue weighted by Gasteiger charge is 2.16. The van der Waals surface area contributed by atoms with Crippen molar-refractivity contribution in [2.75, 3.05) is 5.75 Å². The molecule has 0 aliphatic carbocycles. The van der Waals surface area contributed by atoms with Crippen molar-refractivity contribution in [2.24, 2.45) is 0 Å². The second kappa shape index (κ2) is 6.00. The molecule has 0 amide bonds. The number of rotatable bonds is 4. The van der Waals surface area contributed by atoms with Crippen molar-refractivity contribution in [1.82, 2.24) is 9.55 Å². The summed E-state index contributed by atoms with van der Waals surface area (Å²) in [6.45, 7) is 0. The molecule has 0 aliphatic heterocycles. The van der Waals surface area contributed by atoms with Crippen LogP contribution in [-0.2, 0) is 4.79 Å². The largest absolute Gasteiger partial charge is 0.481 e. The Bertz CT molecular complexity index is 764. The van der Waals surface area contributed by atoms with Crippen LogP contribution >= 0.6 is 11.8 Å². The standard InChI is InChI=1S/C12H7F3N2O3S/c13-6-3-7(14)11(15)8(4-6)17-2-1-9(18)16-12(17)21-5-10(19)20/h1-4H,5H2,(H,19,20). The van der Waals surface area contributed by atoms with Crippen LogP contribution in [0.15, 0.2) is 34.3 Å². The van der Waals surface area contributed by atoms with E-state index in [0.29, 0.717) is 17.8 Å². The second-order valence-electron chi connectivity index (χ2n) is 3.82. The zero-order valence-corrected chi connectivity index (χ0v) is 11.0. The van der Waals surface area contributed by atoms with Crippen LogP contribution < -0.4 is 5.56 Å². The summed E-state index contributed by atoms with van der Waals surface area (Å²) >= 11 is 0.625. The van der Waals surface area contributed by atoms with E-state index in [1.165, 1.54) is 0 Å². The maximum atomic E-state index is 13.8. The van der Waals surface area contributed by atoms with Crippen molar-refractivity contribution in [2.45, 2.75) is 5.16 Å². The monoisotopic (exact) mass is 316 g/mol. The Morgan fingerprint density at radius 1 is 1.33 bits per heavy atom. The Kier molecular flexibility index (Phi) is 4.32. The fourth-order valence-electron chi connectivity index (χ4n) is 1.52. The fraction of sp³-hybridized carbons (Fsp3) is 0.0833. The van der Waals surface area contributed by atoms with Gasteiger partial charge in [-0.1, -0.05) is 11.8 Å². The predicted molar refractivity (Wildman–Crippen MR) is 68.1 cm³/mol. The molecular weight excluding hydrogens is 309 g/mol. The van der Waals surface area contributed by atoms with Crippen LogP contribution in [0.2, 0.25) is 0 Å². The first-order chi connectivity index (χ1) is 9.88. The lowest BCUT2D eigenvalue weighted by Gasteiger charge is -2.12. The molecule has 0 saturated heterocycles. The maximum Gasteiger partial charge on any atom is 0.313 e. The molecule has 0 atom stereocenters. The van der Waals surface area contributed by atoms with Crippen LogP contribution in [0.1, 0.15) is 0 Å². The van der Waals surface area contributed by atoms with E-state index in [1.54, 1.807) is 0 Å². The molecule has 0 fully saturated rings. The SMILES string of the molecule is O=C(O)CSc1nc(=O)ccn1-c1cc(F)cc(F)c1F. The van der Waals surface area contributed by atoms with E-state index in [-0.39, 0.29) is 5.16 Å². The molecule has 2 rings (SSSR count). The molecule has 21 heavy (non-hydrogen) atoms. The Balaban J connectivity index is 2.58. The summed E-state index contributed by atoms with van der Waals surface area (Å²) < 4.78 is 41.1. The molecule has 0 radical (unpaired) electrons. The summed E-state index contributed by atoms with van der Waals surface area (Å²) in [4.78, 5) is 25.3. The van der Waals surface area contributed by atoms with Crippen molar-refractivity contribution in [3.05, 3.63) is 52.2 Å². The van der Waals surface area contributed by atoms with Gasteiger partial charge in [-0.2, -0.15) is 4.98 Å². The van der Waals surface area contributed by atoms with Gasteiger partial charge < -0.3 is 5.11 Å². The minimum absolute atomic E-state index is 0.186. The lowest BCUT2D eigenvalue weighted by Crippen LogP contribution is -2.14. The van der Waals surface area contributed by atoms with Gasteiger partial charge in [0.1, 0.15) is 5.82 Å². The van der Waals surface area contributed by atoms with E-state index >= 15 is 0 Å². The van der Waals surface area contributed by atoms with Crippen molar-refractivity contribution < 1.29 is 23.1 Å². The molecular formula is C12H7F3N2O3S.